The maximum atomic E-state index is 5.56. The summed E-state index contributed by atoms with van der Waals surface area (Å²) in [6, 6.07) is 10.3. The van der Waals surface area contributed by atoms with Crippen LogP contribution in [-0.4, -0.2) is 42.0 Å². The molecule has 0 aliphatic carbocycles. The fraction of sp³-hybridized carbons (Fsp3) is 0.600. The predicted octanol–water partition coefficient (Wildman–Crippen LogP) is 1.91. The molecule has 1 rings (SSSR count). The lowest BCUT2D eigenvalue weighted by Crippen LogP contribution is -2.63. The highest BCUT2D eigenvalue weighted by atomic mass is 28.4. The van der Waals surface area contributed by atoms with Gasteiger partial charge in [-0.3, -0.25) is 10.6 Å². The molecular formula is C15H28N2O3Si. The molecule has 0 saturated heterocycles. The first-order chi connectivity index (χ1) is 10.1. The molecule has 0 aliphatic rings. The van der Waals surface area contributed by atoms with E-state index in [1.54, 1.807) is 21.3 Å². The van der Waals surface area contributed by atoms with Gasteiger partial charge in [-0.15, -0.1) is 0 Å². The Morgan fingerprint density at radius 1 is 1.05 bits per heavy atom. The summed E-state index contributed by atoms with van der Waals surface area (Å²) in [5.74, 6) is 0. The second-order valence-corrected chi connectivity index (χ2v) is 8.06. The molecule has 120 valence electrons. The van der Waals surface area contributed by atoms with E-state index in [9.17, 15) is 0 Å². The van der Waals surface area contributed by atoms with Gasteiger partial charge in [0.05, 0.1) is 11.8 Å². The van der Waals surface area contributed by atoms with Crippen LogP contribution >= 0.6 is 0 Å². The highest BCUT2D eigenvalue weighted by Gasteiger charge is 2.46. The zero-order chi connectivity index (χ0) is 15.7. The van der Waals surface area contributed by atoms with E-state index in [4.69, 9.17) is 13.3 Å². The molecular weight excluding hydrogens is 284 g/mol. The zero-order valence-corrected chi connectivity index (χ0v) is 14.7. The van der Waals surface area contributed by atoms with Crippen LogP contribution < -0.4 is 10.6 Å². The van der Waals surface area contributed by atoms with Crippen molar-refractivity contribution in [2.24, 2.45) is 0 Å². The zero-order valence-electron chi connectivity index (χ0n) is 13.7. The van der Waals surface area contributed by atoms with Crippen LogP contribution in [0, 0.1) is 0 Å². The first-order valence-corrected chi connectivity index (χ1v) is 9.10. The fourth-order valence-corrected chi connectivity index (χ4v) is 4.68. The Bertz CT molecular complexity index is 380. The van der Waals surface area contributed by atoms with Gasteiger partial charge < -0.3 is 13.3 Å². The first-order valence-electron chi connectivity index (χ1n) is 7.30. The fourth-order valence-electron chi connectivity index (χ4n) is 2.37. The third-order valence-corrected chi connectivity index (χ3v) is 6.73. The second kappa shape index (κ2) is 9.29. The van der Waals surface area contributed by atoms with E-state index in [-0.39, 0.29) is 11.8 Å². The molecule has 0 radical (unpaired) electrons. The smallest absolute Gasteiger partial charge is 0.376 e. The van der Waals surface area contributed by atoms with Crippen molar-refractivity contribution in [2.45, 2.75) is 38.6 Å². The minimum atomic E-state index is -2.67. The Kier molecular flexibility index (Phi) is 8.09. The molecule has 0 bridgehead atoms. The molecule has 0 amide bonds. The lowest BCUT2D eigenvalue weighted by Gasteiger charge is -2.34. The van der Waals surface area contributed by atoms with Crippen LogP contribution in [0.25, 0.3) is 0 Å². The molecule has 6 heteroatoms. The topological polar surface area (TPSA) is 51.8 Å². The molecule has 2 atom stereocenters. The first kappa shape index (κ1) is 18.3. The molecule has 0 aliphatic heterocycles. The van der Waals surface area contributed by atoms with E-state index in [2.05, 4.69) is 36.6 Å². The van der Waals surface area contributed by atoms with Gasteiger partial charge in [-0.05, 0) is 18.9 Å². The molecule has 0 spiro atoms. The molecule has 2 N–H and O–H groups in total. The van der Waals surface area contributed by atoms with E-state index in [1.807, 2.05) is 18.2 Å². The van der Waals surface area contributed by atoms with Gasteiger partial charge >= 0.3 is 8.80 Å². The van der Waals surface area contributed by atoms with Crippen molar-refractivity contribution in [1.82, 2.24) is 10.6 Å². The number of hydrogen-bond donors (Lipinski definition) is 2. The van der Waals surface area contributed by atoms with Crippen LogP contribution in [0.15, 0.2) is 30.3 Å². The summed E-state index contributed by atoms with van der Waals surface area (Å²) >= 11 is 0. The number of hydrogen-bond acceptors (Lipinski definition) is 5. The van der Waals surface area contributed by atoms with Crippen LogP contribution in [0.4, 0.5) is 0 Å². The van der Waals surface area contributed by atoms with Crippen LogP contribution in [0.2, 0.25) is 0 Å². The highest BCUT2D eigenvalue weighted by molar-refractivity contribution is 6.62. The molecule has 0 heterocycles. The Balaban J connectivity index is 2.56. The lowest BCUT2D eigenvalue weighted by atomic mass is 10.2. The normalized spacial score (nSPS) is 14.9. The minimum Gasteiger partial charge on any atom is -0.376 e. The number of nitrogens with one attached hydrogen (secondary N) is 2. The van der Waals surface area contributed by atoms with Gasteiger partial charge in [-0.2, -0.15) is 0 Å². The third kappa shape index (κ3) is 5.17. The van der Waals surface area contributed by atoms with Gasteiger partial charge in [-0.25, -0.2) is 0 Å². The average Bonchev–Trinajstić information content (AvgIpc) is 2.54. The van der Waals surface area contributed by atoms with Crippen molar-refractivity contribution in [1.29, 1.82) is 0 Å². The molecule has 1 aromatic rings. The number of benzene rings is 1. The van der Waals surface area contributed by atoms with Gasteiger partial charge in [0.1, 0.15) is 0 Å². The second-order valence-electron chi connectivity index (χ2n) is 4.93. The molecule has 0 fully saturated rings. The van der Waals surface area contributed by atoms with Crippen LogP contribution in [-0.2, 0) is 19.8 Å². The SMILES string of the molecule is CCC(NC(C)NCc1ccccc1)[Si](OC)(OC)OC. The van der Waals surface area contributed by atoms with Gasteiger partial charge in [0, 0.05) is 27.9 Å². The van der Waals surface area contributed by atoms with Crippen molar-refractivity contribution >= 4 is 8.80 Å². The average molecular weight is 312 g/mol. The maximum absolute atomic E-state index is 5.56. The van der Waals surface area contributed by atoms with Gasteiger partial charge in [0.25, 0.3) is 0 Å². The monoisotopic (exact) mass is 312 g/mol. The van der Waals surface area contributed by atoms with Crippen molar-refractivity contribution in [3.63, 3.8) is 0 Å². The van der Waals surface area contributed by atoms with Crippen molar-refractivity contribution in [2.75, 3.05) is 21.3 Å². The Hall–Kier alpha value is -0.763. The standard InChI is InChI=1S/C15H28N2O3Si/c1-6-15(21(18-3,19-4)20-5)17-13(2)16-12-14-10-8-7-9-11-14/h7-11,13,15-17H,6,12H2,1-5H3. The predicted molar refractivity (Wildman–Crippen MR) is 86.7 cm³/mol. The van der Waals surface area contributed by atoms with Crippen molar-refractivity contribution in [3.05, 3.63) is 35.9 Å². The van der Waals surface area contributed by atoms with Crippen LogP contribution in [0.3, 0.4) is 0 Å². The largest absolute Gasteiger partial charge is 0.518 e. The summed E-state index contributed by atoms with van der Waals surface area (Å²) in [7, 11) is 2.26. The summed E-state index contributed by atoms with van der Waals surface area (Å²) < 4.78 is 16.7. The molecule has 0 aromatic heterocycles. The summed E-state index contributed by atoms with van der Waals surface area (Å²) in [5, 5.41) is 6.96. The summed E-state index contributed by atoms with van der Waals surface area (Å²) in [6.07, 6.45) is 1.00. The molecule has 2 unspecified atom stereocenters. The summed E-state index contributed by atoms with van der Waals surface area (Å²) in [5.41, 5.74) is 1.31. The molecule has 5 nitrogen and oxygen atoms in total. The molecule has 21 heavy (non-hydrogen) atoms. The Morgan fingerprint density at radius 2 is 1.62 bits per heavy atom. The molecule has 0 saturated carbocycles. The van der Waals surface area contributed by atoms with Crippen molar-refractivity contribution < 1.29 is 13.3 Å². The highest BCUT2D eigenvalue weighted by Crippen LogP contribution is 2.15. The quantitative estimate of drug-likeness (QED) is 0.510. The third-order valence-electron chi connectivity index (χ3n) is 3.59. The van der Waals surface area contributed by atoms with Crippen LogP contribution in [0.1, 0.15) is 25.8 Å². The van der Waals surface area contributed by atoms with E-state index >= 15 is 0 Å². The van der Waals surface area contributed by atoms with Gasteiger partial charge in [0.2, 0.25) is 0 Å². The lowest BCUT2D eigenvalue weighted by molar-refractivity contribution is 0.103. The van der Waals surface area contributed by atoms with E-state index in [1.165, 1.54) is 5.56 Å². The van der Waals surface area contributed by atoms with E-state index in [0.717, 1.165) is 13.0 Å². The van der Waals surface area contributed by atoms with Gasteiger partial charge in [-0.1, -0.05) is 37.3 Å². The van der Waals surface area contributed by atoms with E-state index in [0.29, 0.717) is 0 Å². The minimum absolute atomic E-state index is 0.0516. The summed E-state index contributed by atoms with van der Waals surface area (Å²) in [6.45, 7) is 5.00. The number of rotatable bonds is 10. The van der Waals surface area contributed by atoms with Gasteiger partial charge in [0.15, 0.2) is 0 Å². The van der Waals surface area contributed by atoms with E-state index < -0.39 is 8.80 Å². The van der Waals surface area contributed by atoms with Crippen LogP contribution in [0.5, 0.6) is 0 Å². The van der Waals surface area contributed by atoms with Crippen molar-refractivity contribution in [3.8, 4) is 0 Å². The Morgan fingerprint density at radius 3 is 2.10 bits per heavy atom. The Labute approximate surface area is 129 Å². The summed E-state index contributed by atoms with van der Waals surface area (Å²) in [4.78, 5) is 0. The maximum Gasteiger partial charge on any atom is 0.518 e. The molecule has 1 aromatic carbocycles.